The molecular weight excluding hydrogens is 346 g/mol. The number of nitriles is 1. The fraction of sp³-hybridized carbons (Fsp3) is 0.474. The maximum Gasteiger partial charge on any atom is 0.234 e. The number of nitrogens with zero attached hydrogens (tertiary/aromatic N) is 4. The summed E-state index contributed by atoms with van der Waals surface area (Å²) in [6.07, 6.45) is 0. The summed E-state index contributed by atoms with van der Waals surface area (Å²) in [6.45, 7) is 9.41. The van der Waals surface area contributed by atoms with Gasteiger partial charge in [0.1, 0.15) is 5.54 Å². The number of thioether (sulfide) groups is 1. The third-order valence-corrected chi connectivity index (χ3v) is 5.78. The van der Waals surface area contributed by atoms with E-state index in [4.69, 9.17) is 0 Å². The van der Waals surface area contributed by atoms with Gasteiger partial charge in [0.05, 0.1) is 11.3 Å². The standard InChI is InChI=1S/C19H25N5OS/c1-12(2)19(5,11-20)21-17(25)14(4)26-18-23-22-16(24(18)6)15-10-8-7-9-13(15)3/h7-10,12,14H,1-6H3,(H,21,25)/t14-,19+/m0/s1. The van der Waals surface area contributed by atoms with E-state index in [1.54, 1.807) is 13.8 Å². The molecule has 1 N–H and O–H groups in total. The van der Waals surface area contributed by atoms with Crippen molar-refractivity contribution in [2.24, 2.45) is 13.0 Å². The lowest BCUT2D eigenvalue weighted by atomic mass is 9.90. The Morgan fingerprint density at radius 3 is 2.54 bits per heavy atom. The summed E-state index contributed by atoms with van der Waals surface area (Å²) >= 11 is 1.33. The second-order valence-corrected chi connectivity index (χ2v) is 8.21. The highest BCUT2D eigenvalue weighted by atomic mass is 32.2. The minimum atomic E-state index is -0.891. The Morgan fingerprint density at radius 1 is 1.31 bits per heavy atom. The van der Waals surface area contributed by atoms with E-state index in [1.165, 1.54) is 11.8 Å². The van der Waals surface area contributed by atoms with E-state index in [2.05, 4.69) is 21.6 Å². The van der Waals surface area contributed by atoms with E-state index < -0.39 is 10.8 Å². The number of benzene rings is 1. The van der Waals surface area contributed by atoms with Crippen molar-refractivity contribution in [3.05, 3.63) is 29.8 Å². The predicted octanol–water partition coefficient (Wildman–Crippen LogP) is 3.33. The van der Waals surface area contributed by atoms with Crippen LogP contribution in [0.15, 0.2) is 29.4 Å². The van der Waals surface area contributed by atoms with Crippen molar-refractivity contribution in [3.63, 3.8) is 0 Å². The SMILES string of the molecule is Cc1ccccc1-c1nnc(S[C@@H](C)C(=O)N[C@](C)(C#N)C(C)C)n1C. The van der Waals surface area contributed by atoms with Gasteiger partial charge in [0.15, 0.2) is 11.0 Å². The molecule has 0 saturated heterocycles. The predicted molar refractivity (Wildman–Crippen MR) is 103 cm³/mol. The molecule has 138 valence electrons. The van der Waals surface area contributed by atoms with Crippen molar-refractivity contribution in [2.75, 3.05) is 0 Å². The summed E-state index contributed by atoms with van der Waals surface area (Å²) in [4.78, 5) is 12.5. The number of carbonyl (C=O) groups is 1. The zero-order chi connectivity index (χ0) is 19.5. The van der Waals surface area contributed by atoms with Crippen LogP contribution in [0, 0.1) is 24.2 Å². The van der Waals surface area contributed by atoms with Gasteiger partial charge in [-0.3, -0.25) is 4.79 Å². The van der Waals surface area contributed by atoms with Crippen LogP contribution in [0.1, 0.15) is 33.3 Å². The van der Waals surface area contributed by atoms with Gasteiger partial charge in [0.25, 0.3) is 0 Å². The van der Waals surface area contributed by atoms with Crippen molar-refractivity contribution in [1.29, 1.82) is 5.26 Å². The number of nitrogens with one attached hydrogen (secondary N) is 1. The van der Waals surface area contributed by atoms with Gasteiger partial charge in [-0.15, -0.1) is 10.2 Å². The summed E-state index contributed by atoms with van der Waals surface area (Å²) < 4.78 is 1.89. The van der Waals surface area contributed by atoms with Crippen LogP contribution in [-0.2, 0) is 11.8 Å². The summed E-state index contributed by atoms with van der Waals surface area (Å²) in [5.41, 5.74) is 1.24. The van der Waals surface area contributed by atoms with Crippen molar-refractivity contribution in [1.82, 2.24) is 20.1 Å². The molecule has 0 spiro atoms. The lowest BCUT2D eigenvalue weighted by Gasteiger charge is -2.28. The zero-order valence-corrected chi connectivity index (χ0v) is 16.9. The molecule has 2 rings (SSSR count). The quantitative estimate of drug-likeness (QED) is 0.788. The van der Waals surface area contributed by atoms with E-state index in [0.29, 0.717) is 5.16 Å². The molecule has 0 bridgehead atoms. The van der Waals surface area contributed by atoms with Gasteiger partial charge in [-0.2, -0.15) is 5.26 Å². The molecule has 26 heavy (non-hydrogen) atoms. The lowest BCUT2D eigenvalue weighted by molar-refractivity contribution is -0.121. The summed E-state index contributed by atoms with van der Waals surface area (Å²) in [5, 5.41) is 21.0. The molecule has 0 aliphatic carbocycles. The van der Waals surface area contributed by atoms with Crippen LogP contribution in [0.4, 0.5) is 0 Å². The van der Waals surface area contributed by atoms with Crippen LogP contribution in [-0.4, -0.2) is 31.5 Å². The Bertz CT molecular complexity index is 839. The van der Waals surface area contributed by atoms with Crippen molar-refractivity contribution < 1.29 is 4.79 Å². The molecule has 7 heteroatoms. The molecule has 1 aromatic carbocycles. The molecule has 0 saturated carbocycles. The largest absolute Gasteiger partial charge is 0.337 e. The molecule has 6 nitrogen and oxygen atoms in total. The molecule has 0 radical (unpaired) electrons. The number of hydrogen-bond donors (Lipinski definition) is 1. The Labute approximate surface area is 159 Å². The van der Waals surface area contributed by atoms with Crippen molar-refractivity contribution >= 4 is 17.7 Å². The van der Waals surface area contributed by atoms with Crippen LogP contribution in [0.25, 0.3) is 11.4 Å². The van der Waals surface area contributed by atoms with Crippen molar-refractivity contribution in [2.45, 2.75) is 50.6 Å². The van der Waals surface area contributed by atoms with Gasteiger partial charge in [-0.05, 0) is 32.3 Å². The third kappa shape index (κ3) is 4.07. The van der Waals surface area contributed by atoms with Gasteiger partial charge in [-0.1, -0.05) is 49.9 Å². The first-order valence-corrected chi connectivity index (χ1v) is 9.43. The molecule has 0 unspecified atom stereocenters. The number of hydrogen-bond acceptors (Lipinski definition) is 5. The van der Waals surface area contributed by atoms with Crippen LogP contribution >= 0.6 is 11.8 Å². The smallest absolute Gasteiger partial charge is 0.234 e. The monoisotopic (exact) mass is 371 g/mol. The zero-order valence-electron chi connectivity index (χ0n) is 16.1. The topological polar surface area (TPSA) is 83.6 Å². The fourth-order valence-electron chi connectivity index (χ4n) is 2.35. The highest BCUT2D eigenvalue weighted by Gasteiger charge is 2.32. The van der Waals surface area contributed by atoms with Gasteiger partial charge >= 0.3 is 0 Å². The minimum Gasteiger partial charge on any atom is -0.337 e. The molecular formula is C19H25N5OS. The Hall–Kier alpha value is -2.33. The number of rotatable bonds is 6. The van der Waals surface area contributed by atoms with E-state index in [-0.39, 0.29) is 11.8 Å². The van der Waals surface area contributed by atoms with Crippen molar-refractivity contribution in [3.8, 4) is 17.5 Å². The molecule has 0 fully saturated rings. The first kappa shape index (κ1) is 20.0. The third-order valence-electron chi connectivity index (χ3n) is 4.64. The molecule has 1 aromatic heterocycles. The maximum atomic E-state index is 12.5. The number of aromatic nitrogens is 3. The maximum absolute atomic E-state index is 12.5. The minimum absolute atomic E-state index is 0.0103. The molecule has 2 aromatic rings. The van der Waals surface area contributed by atoms with Crippen LogP contribution in [0.3, 0.4) is 0 Å². The normalized spacial score (nSPS) is 14.5. The second-order valence-electron chi connectivity index (χ2n) is 6.90. The van der Waals surface area contributed by atoms with Gasteiger partial charge in [0.2, 0.25) is 5.91 Å². The fourth-order valence-corrected chi connectivity index (χ4v) is 3.16. The van der Waals surface area contributed by atoms with Gasteiger partial charge < -0.3 is 9.88 Å². The first-order chi connectivity index (χ1) is 12.2. The lowest BCUT2D eigenvalue weighted by Crippen LogP contribution is -2.51. The number of aryl methyl sites for hydroxylation is 1. The average Bonchev–Trinajstić information content (AvgIpc) is 2.95. The Kier molecular flexibility index (Phi) is 6.09. The Balaban J connectivity index is 2.16. The van der Waals surface area contributed by atoms with Crippen LogP contribution in [0.2, 0.25) is 0 Å². The van der Waals surface area contributed by atoms with E-state index >= 15 is 0 Å². The highest BCUT2D eigenvalue weighted by Crippen LogP contribution is 2.27. The van der Waals surface area contributed by atoms with E-state index in [1.807, 2.05) is 56.7 Å². The second kappa shape index (κ2) is 7.92. The van der Waals surface area contributed by atoms with Crippen LogP contribution < -0.4 is 5.32 Å². The molecule has 1 heterocycles. The summed E-state index contributed by atoms with van der Waals surface area (Å²) in [6, 6.07) is 10.2. The van der Waals surface area contributed by atoms with Gasteiger partial charge in [0, 0.05) is 12.6 Å². The molecule has 0 aliphatic heterocycles. The number of amides is 1. The summed E-state index contributed by atoms with van der Waals surface area (Å²) in [7, 11) is 1.89. The van der Waals surface area contributed by atoms with Gasteiger partial charge in [-0.25, -0.2) is 0 Å². The Morgan fingerprint density at radius 2 is 1.96 bits per heavy atom. The van der Waals surface area contributed by atoms with E-state index in [9.17, 15) is 10.1 Å². The first-order valence-electron chi connectivity index (χ1n) is 8.55. The van der Waals surface area contributed by atoms with E-state index in [0.717, 1.165) is 17.0 Å². The molecule has 1 amide bonds. The number of carbonyl (C=O) groups excluding carboxylic acids is 1. The molecule has 2 atom stereocenters. The summed E-state index contributed by atoms with van der Waals surface area (Å²) in [5.74, 6) is 0.589. The molecule has 0 aliphatic rings. The van der Waals surface area contributed by atoms with Crippen LogP contribution in [0.5, 0.6) is 0 Å². The average molecular weight is 372 g/mol. The highest BCUT2D eigenvalue weighted by molar-refractivity contribution is 8.00.